The lowest BCUT2D eigenvalue weighted by Crippen LogP contribution is -2.44. The van der Waals surface area contributed by atoms with E-state index in [-0.39, 0.29) is 39.7 Å². The van der Waals surface area contributed by atoms with Gasteiger partial charge in [0.15, 0.2) is 5.82 Å². The molecule has 10 heteroatoms. The molecule has 0 aliphatic carbocycles. The van der Waals surface area contributed by atoms with Gasteiger partial charge in [-0.2, -0.15) is 9.97 Å². The number of aliphatic hydroxyl groups is 1. The molecule has 5 rings (SSSR count). The van der Waals surface area contributed by atoms with Crippen LogP contribution in [-0.2, 0) is 4.74 Å². The summed E-state index contributed by atoms with van der Waals surface area (Å²) in [5.41, 5.74) is 0.136. The molecule has 3 fully saturated rings. The van der Waals surface area contributed by atoms with Gasteiger partial charge in [0.05, 0.1) is 34.8 Å². The number of halogens is 3. The van der Waals surface area contributed by atoms with Crippen molar-refractivity contribution in [2.45, 2.75) is 37.3 Å². The van der Waals surface area contributed by atoms with Crippen molar-refractivity contribution in [2.75, 3.05) is 50.9 Å². The van der Waals surface area contributed by atoms with Crippen LogP contribution >= 0.6 is 27.5 Å². The normalized spacial score (nSPS) is 28.4. The number of rotatable bonds is 4. The van der Waals surface area contributed by atoms with Crippen LogP contribution in [0.2, 0.25) is 5.02 Å². The second-order valence-electron chi connectivity index (χ2n) is 9.65. The zero-order valence-corrected chi connectivity index (χ0v) is 20.9. The summed E-state index contributed by atoms with van der Waals surface area (Å²) in [6.45, 7) is 9.56. The standard InChI is InChI=1S/C23H27BrClFN4O3/c1-14-9-23(4-3-5-30(23)10-14)13-33-21-27-19-15(8-16(25)17(24)18(19)26)20(28-21)29-6-7-32-12-22(2,31)11-29/h8,31H,1,3-7,9-13H2,2H3/t22?,23-/m0/s1. The summed E-state index contributed by atoms with van der Waals surface area (Å²) in [6, 6.07) is 1.75. The zero-order chi connectivity index (χ0) is 23.4. The molecule has 1 unspecified atom stereocenters. The van der Waals surface area contributed by atoms with Crippen molar-refractivity contribution in [1.82, 2.24) is 14.9 Å². The molecule has 178 valence electrons. The Balaban J connectivity index is 1.55. The molecular formula is C23H27BrClFN4O3. The van der Waals surface area contributed by atoms with Crippen molar-refractivity contribution in [1.29, 1.82) is 0 Å². The highest BCUT2D eigenvalue weighted by atomic mass is 79.9. The highest BCUT2D eigenvalue weighted by Gasteiger charge is 2.46. The van der Waals surface area contributed by atoms with Crippen LogP contribution in [0.5, 0.6) is 6.01 Å². The quantitative estimate of drug-likeness (QED) is 0.464. The zero-order valence-electron chi connectivity index (χ0n) is 18.5. The maximum atomic E-state index is 15.2. The van der Waals surface area contributed by atoms with E-state index in [1.165, 1.54) is 5.57 Å². The van der Waals surface area contributed by atoms with Gasteiger partial charge in [-0.15, -0.1) is 0 Å². The molecule has 0 radical (unpaired) electrons. The minimum Gasteiger partial charge on any atom is -0.461 e. The van der Waals surface area contributed by atoms with Gasteiger partial charge in [0.2, 0.25) is 0 Å². The van der Waals surface area contributed by atoms with Crippen molar-refractivity contribution in [3.8, 4) is 6.01 Å². The number of aromatic nitrogens is 2. The number of fused-ring (bicyclic) bond motifs is 2. The summed E-state index contributed by atoms with van der Waals surface area (Å²) in [6.07, 6.45) is 3.02. The molecule has 3 saturated heterocycles. The molecule has 0 saturated carbocycles. The van der Waals surface area contributed by atoms with Gasteiger partial charge in [-0.25, -0.2) is 4.39 Å². The third-order valence-electron chi connectivity index (χ3n) is 6.74. The molecule has 2 aromatic rings. The smallest absolute Gasteiger partial charge is 0.319 e. The van der Waals surface area contributed by atoms with Crippen molar-refractivity contribution < 1.29 is 19.0 Å². The number of anilines is 1. The molecule has 3 aliphatic rings. The minimum absolute atomic E-state index is 0.102. The van der Waals surface area contributed by atoms with E-state index in [4.69, 9.17) is 21.1 Å². The third-order valence-corrected chi connectivity index (χ3v) is 8.04. The Morgan fingerprint density at radius 3 is 3.03 bits per heavy atom. The van der Waals surface area contributed by atoms with Crippen molar-refractivity contribution in [3.05, 3.63) is 33.5 Å². The number of hydrogen-bond donors (Lipinski definition) is 1. The molecular weight excluding hydrogens is 515 g/mol. The second kappa shape index (κ2) is 8.61. The number of β-amino-alcohol motifs (C(OH)–C–C–N with tert-alkyl or cyclic N) is 1. The first-order valence-electron chi connectivity index (χ1n) is 11.1. The largest absolute Gasteiger partial charge is 0.461 e. The lowest BCUT2D eigenvalue weighted by Gasteiger charge is -2.31. The predicted octanol–water partition coefficient (Wildman–Crippen LogP) is 3.95. The van der Waals surface area contributed by atoms with E-state index < -0.39 is 11.4 Å². The molecule has 0 amide bonds. The van der Waals surface area contributed by atoms with E-state index in [9.17, 15) is 5.11 Å². The van der Waals surface area contributed by atoms with E-state index >= 15 is 4.39 Å². The SMILES string of the molecule is C=C1CN2CCC[C@@]2(COc2nc(N3CCOCC(C)(O)C3)c3cc(Cl)c(Br)c(F)c3n2)C1. The molecule has 33 heavy (non-hydrogen) atoms. The highest BCUT2D eigenvalue weighted by molar-refractivity contribution is 9.10. The Hall–Kier alpha value is -1.52. The van der Waals surface area contributed by atoms with E-state index in [2.05, 4.69) is 37.4 Å². The van der Waals surface area contributed by atoms with Crippen LogP contribution in [0.25, 0.3) is 10.9 Å². The van der Waals surface area contributed by atoms with Crippen molar-refractivity contribution >= 4 is 44.3 Å². The first-order chi connectivity index (χ1) is 15.7. The topological polar surface area (TPSA) is 71.0 Å². The summed E-state index contributed by atoms with van der Waals surface area (Å²) in [5.74, 6) is -0.107. The van der Waals surface area contributed by atoms with Gasteiger partial charge >= 0.3 is 6.01 Å². The Morgan fingerprint density at radius 1 is 1.39 bits per heavy atom. The van der Waals surface area contributed by atoms with Crippen LogP contribution in [0.1, 0.15) is 26.2 Å². The van der Waals surface area contributed by atoms with Crippen LogP contribution in [0.4, 0.5) is 10.2 Å². The van der Waals surface area contributed by atoms with Gasteiger partial charge in [0.25, 0.3) is 0 Å². The molecule has 0 bridgehead atoms. The molecule has 1 aromatic carbocycles. The summed E-state index contributed by atoms with van der Waals surface area (Å²) in [5, 5.41) is 11.4. The van der Waals surface area contributed by atoms with Crippen LogP contribution in [0, 0.1) is 5.82 Å². The summed E-state index contributed by atoms with van der Waals surface area (Å²) >= 11 is 9.49. The average molecular weight is 542 g/mol. The molecule has 4 heterocycles. The fourth-order valence-electron chi connectivity index (χ4n) is 5.27. The number of hydrogen-bond acceptors (Lipinski definition) is 7. The van der Waals surface area contributed by atoms with Crippen LogP contribution in [0.3, 0.4) is 0 Å². The van der Waals surface area contributed by atoms with Crippen molar-refractivity contribution in [3.63, 3.8) is 0 Å². The maximum Gasteiger partial charge on any atom is 0.319 e. The van der Waals surface area contributed by atoms with Gasteiger partial charge in [-0.05, 0) is 54.7 Å². The van der Waals surface area contributed by atoms with Gasteiger partial charge in [0.1, 0.15) is 23.5 Å². The summed E-state index contributed by atoms with van der Waals surface area (Å²) in [7, 11) is 0. The third kappa shape index (κ3) is 4.34. The van der Waals surface area contributed by atoms with E-state index in [1.807, 2.05) is 4.90 Å². The van der Waals surface area contributed by atoms with Crippen LogP contribution in [-0.4, -0.2) is 77.1 Å². The van der Waals surface area contributed by atoms with E-state index in [0.717, 1.165) is 32.4 Å². The predicted molar refractivity (Wildman–Crippen MR) is 129 cm³/mol. The Labute approximate surface area is 205 Å². The van der Waals surface area contributed by atoms with E-state index in [0.29, 0.717) is 31.0 Å². The van der Waals surface area contributed by atoms with Crippen LogP contribution < -0.4 is 9.64 Å². The average Bonchev–Trinajstić information content (AvgIpc) is 3.21. The molecule has 1 N–H and O–H groups in total. The second-order valence-corrected chi connectivity index (χ2v) is 10.8. The Kier molecular flexibility index (Phi) is 6.06. The molecule has 3 aliphatic heterocycles. The molecule has 7 nitrogen and oxygen atoms in total. The summed E-state index contributed by atoms with van der Waals surface area (Å²) in [4.78, 5) is 13.4. The number of benzene rings is 1. The molecule has 0 spiro atoms. The first kappa shape index (κ1) is 23.2. The van der Waals surface area contributed by atoms with E-state index in [1.54, 1.807) is 13.0 Å². The molecule has 2 atom stereocenters. The van der Waals surface area contributed by atoms with Gasteiger partial charge in [-0.1, -0.05) is 23.8 Å². The number of ether oxygens (including phenoxy) is 2. The maximum absolute atomic E-state index is 15.2. The lowest BCUT2D eigenvalue weighted by molar-refractivity contribution is -0.0123. The Morgan fingerprint density at radius 2 is 2.21 bits per heavy atom. The Bertz CT molecular complexity index is 1120. The fourth-order valence-corrected chi connectivity index (χ4v) is 5.77. The number of nitrogens with zero attached hydrogens (tertiary/aromatic N) is 4. The van der Waals surface area contributed by atoms with Gasteiger partial charge in [-0.3, -0.25) is 4.90 Å². The minimum atomic E-state index is -1.08. The van der Waals surface area contributed by atoms with Gasteiger partial charge in [0, 0.05) is 18.5 Å². The van der Waals surface area contributed by atoms with Crippen molar-refractivity contribution in [2.24, 2.45) is 0 Å². The highest BCUT2D eigenvalue weighted by Crippen LogP contribution is 2.41. The summed E-state index contributed by atoms with van der Waals surface area (Å²) < 4.78 is 27.1. The molecule has 1 aromatic heterocycles. The van der Waals surface area contributed by atoms with Crippen LogP contribution in [0.15, 0.2) is 22.7 Å². The van der Waals surface area contributed by atoms with Gasteiger partial charge < -0.3 is 19.5 Å². The lowest BCUT2D eigenvalue weighted by atomic mass is 9.94. The fraction of sp³-hybridized carbons (Fsp3) is 0.565. The first-order valence-corrected chi connectivity index (χ1v) is 12.3. The monoisotopic (exact) mass is 540 g/mol.